The molecule has 1 aromatic heterocycles. The Bertz CT molecular complexity index is 1700. The molecule has 2 aromatic carbocycles. The van der Waals surface area contributed by atoms with E-state index in [1.807, 2.05) is 20.9 Å². The Labute approximate surface area is 291 Å². The van der Waals surface area contributed by atoms with Gasteiger partial charge in [-0.2, -0.15) is 5.10 Å². The quantitative estimate of drug-likeness (QED) is 0.214. The lowest BCUT2D eigenvalue weighted by atomic mass is 10.0. The van der Waals surface area contributed by atoms with Gasteiger partial charge in [0.25, 0.3) is 5.91 Å². The summed E-state index contributed by atoms with van der Waals surface area (Å²) < 4.78 is 7.70. The summed E-state index contributed by atoms with van der Waals surface area (Å²) in [5.41, 5.74) is 3.56. The summed E-state index contributed by atoms with van der Waals surface area (Å²) in [6.45, 7) is 9.36. The first-order chi connectivity index (χ1) is 23.7. The first-order valence-corrected chi connectivity index (χ1v) is 16.7. The van der Waals surface area contributed by atoms with Gasteiger partial charge in [-0.05, 0) is 68.5 Å². The van der Waals surface area contributed by atoms with Crippen LogP contribution < -0.4 is 31.3 Å². The molecule has 4 rings (SSSR count). The van der Waals surface area contributed by atoms with Gasteiger partial charge in [0, 0.05) is 25.7 Å². The molecule has 0 saturated carbocycles. The van der Waals surface area contributed by atoms with E-state index >= 15 is 0 Å². The summed E-state index contributed by atoms with van der Waals surface area (Å²) in [7, 11) is 1.84. The number of nitrogens with zero attached hydrogens (tertiary/aromatic N) is 2. The van der Waals surface area contributed by atoms with E-state index in [4.69, 9.17) is 4.74 Å². The predicted octanol–water partition coefficient (Wildman–Crippen LogP) is 1.36. The van der Waals surface area contributed by atoms with Crippen LogP contribution in [0.2, 0.25) is 0 Å². The number of rotatable bonds is 7. The van der Waals surface area contributed by atoms with Crippen LogP contribution in [0.25, 0.3) is 0 Å². The minimum absolute atomic E-state index is 0.00933. The number of fused-ring (bicyclic) bond motifs is 1. The summed E-state index contributed by atoms with van der Waals surface area (Å²) in [6, 6.07) is 8.71. The molecule has 0 bridgehead atoms. The van der Waals surface area contributed by atoms with E-state index in [1.54, 1.807) is 55.8 Å². The van der Waals surface area contributed by atoms with Crippen molar-refractivity contribution in [2.75, 3.05) is 13.2 Å². The van der Waals surface area contributed by atoms with Crippen LogP contribution in [0.1, 0.15) is 60.1 Å². The SMILES string of the molecule is Cc1nn(C)c(C)c1CCNC(=O)[C@@H]1CC(=O)N[C@@H](Cc2ccc(O)cc2)C(=O)N[C@H](C(C)C)C(=O)N[C@@H](C)COc2ccccc2C(=O)N1. The molecule has 4 atom stereocenters. The average molecular weight is 690 g/mol. The number of nitrogens with one attached hydrogen (secondary N) is 5. The molecule has 0 saturated heterocycles. The Morgan fingerprint density at radius 3 is 2.36 bits per heavy atom. The van der Waals surface area contributed by atoms with E-state index in [0.29, 0.717) is 12.0 Å². The van der Waals surface area contributed by atoms with Crippen molar-refractivity contribution in [3.05, 3.63) is 76.6 Å². The Morgan fingerprint density at radius 2 is 1.70 bits per heavy atom. The highest BCUT2D eigenvalue weighted by Gasteiger charge is 2.32. The molecule has 1 aliphatic heterocycles. The monoisotopic (exact) mass is 689 g/mol. The average Bonchev–Trinajstić information content (AvgIpc) is 3.31. The van der Waals surface area contributed by atoms with Crippen LogP contribution in [0.5, 0.6) is 11.5 Å². The van der Waals surface area contributed by atoms with E-state index in [2.05, 4.69) is 31.7 Å². The number of carbonyl (C=O) groups excluding carboxylic acids is 5. The molecule has 1 aliphatic rings. The molecule has 0 aliphatic carbocycles. The minimum Gasteiger partial charge on any atom is -0.508 e. The summed E-state index contributed by atoms with van der Waals surface area (Å²) in [6.07, 6.45) is 0.0165. The third-order valence-corrected chi connectivity index (χ3v) is 8.63. The van der Waals surface area contributed by atoms with Crippen molar-refractivity contribution in [3.63, 3.8) is 0 Å². The molecule has 14 nitrogen and oxygen atoms in total. The molecule has 0 radical (unpaired) electrons. The van der Waals surface area contributed by atoms with Crippen molar-refractivity contribution in [1.82, 2.24) is 36.4 Å². The Kier molecular flexibility index (Phi) is 12.6. The summed E-state index contributed by atoms with van der Waals surface area (Å²) >= 11 is 0. The Hall–Kier alpha value is -5.40. The molecule has 2 heterocycles. The number of carbonyl (C=O) groups is 5. The summed E-state index contributed by atoms with van der Waals surface area (Å²) in [4.78, 5) is 68.0. The molecule has 0 fully saturated rings. The first-order valence-electron chi connectivity index (χ1n) is 16.7. The maximum absolute atomic E-state index is 13.7. The molecule has 6 N–H and O–H groups in total. The van der Waals surface area contributed by atoms with Crippen LogP contribution in [0.15, 0.2) is 48.5 Å². The topological polar surface area (TPSA) is 193 Å². The second-order valence-electron chi connectivity index (χ2n) is 13.0. The van der Waals surface area contributed by atoms with Gasteiger partial charge in [0.2, 0.25) is 23.6 Å². The third-order valence-electron chi connectivity index (χ3n) is 8.63. The Balaban J connectivity index is 1.65. The molecule has 268 valence electrons. The zero-order valence-corrected chi connectivity index (χ0v) is 29.3. The van der Waals surface area contributed by atoms with Crippen LogP contribution in [0.3, 0.4) is 0 Å². The number of para-hydroxylation sites is 1. The number of phenols is 1. The molecular formula is C36H47N7O7. The van der Waals surface area contributed by atoms with Gasteiger partial charge in [0.05, 0.1) is 23.7 Å². The third kappa shape index (κ3) is 9.83. The van der Waals surface area contributed by atoms with E-state index in [-0.39, 0.29) is 42.6 Å². The zero-order chi connectivity index (χ0) is 36.5. The number of amides is 5. The zero-order valence-electron chi connectivity index (χ0n) is 29.3. The molecule has 50 heavy (non-hydrogen) atoms. The highest BCUT2D eigenvalue weighted by Crippen LogP contribution is 2.19. The Morgan fingerprint density at radius 1 is 1.00 bits per heavy atom. The maximum atomic E-state index is 13.7. The van der Waals surface area contributed by atoms with Crippen molar-refractivity contribution in [1.29, 1.82) is 0 Å². The minimum atomic E-state index is -1.31. The molecule has 3 aromatic rings. The molecule has 0 spiro atoms. The van der Waals surface area contributed by atoms with Crippen LogP contribution in [-0.4, -0.2) is 81.7 Å². The number of hydrogen-bond donors (Lipinski definition) is 6. The van der Waals surface area contributed by atoms with Crippen LogP contribution >= 0.6 is 0 Å². The van der Waals surface area contributed by atoms with Gasteiger partial charge in [-0.25, -0.2) is 0 Å². The first kappa shape index (κ1) is 37.4. The van der Waals surface area contributed by atoms with Crippen LogP contribution in [-0.2, 0) is 39.1 Å². The van der Waals surface area contributed by atoms with Gasteiger partial charge < -0.3 is 36.4 Å². The van der Waals surface area contributed by atoms with Gasteiger partial charge >= 0.3 is 0 Å². The number of aryl methyl sites for hydroxylation is 2. The number of hydrogen-bond acceptors (Lipinski definition) is 8. The lowest BCUT2D eigenvalue weighted by Crippen LogP contribution is -2.57. The molecule has 14 heteroatoms. The van der Waals surface area contributed by atoms with Gasteiger partial charge in [0.15, 0.2) is 0 Å². The highest BCUT2D eigenvalue weighted by atomic mass is 16.5. The van der Waals surface area contributed by atoms with E-state index in [1.165, 1.54) is 18.2 Å². The number of benzene rings is 2. The number of aromatic hydroxyl groups is 1. The molecule has 0 unspecified atom stereocenters. The summed E-state index contributed by atoms with van der Waals surface area (Å²) in [5.74, 6) is -3.03. The van der Waals surface area contributed by atoms with Crippen LogP contribution in [0.4, 0.5) is 0 Å². The normalized spacial score (nSPS) is 20.8. The fourth-order valence-electron chi connectivity index (χ4n) is 5.73. The van der Waals surface area contributed by atoms with Crippen molar-refractivity contribution >= 4 is 29.5 Å². The lowest BCUT2D eigenvalue weighted by Gasteiger charge is -2.27. The van der Waals surface area contributed by atoms with Gasteiger partial charge in [0.1, 0.15) is 36.2 Å². The number of phenolic OH excluding ortho intramolecular Hbond substituents is 1. The van der Waals surface area contributed by atoms with Crippen LogP contribution in [0, 0.1) is 19.8 Å². The van der Waals surface area contributed by atoms with Crippen molar-refractivity contribution in [2.45, 2.75) is 78.0 Å². The smallest absolute Gasteiger partial charge is 0.255 e. The fourth-order valence-corrected chi connectivity index (χ4v) is 5.73. The second kappa shape index (κ2) is 16.8. The largest absolute Gasteiger partial charge is 0.508 e. The second-order valence-corrected chi connectivity index (χ2v) is 13.0. The maximum Gasteiger partial charge on any atom is 0.255 e. The lowest BCUT2D eigenvalue weighted by molar-refractivity contribution is -0.133. The molecule has 5 amide bonds. The predicted molar refractivity (Wildman–Crippen MR) is 185 cm³/mol. The van der Waals surface area contributed by atoms with E-state index in [9.17, 15) is 29.1 Å². The van der Waals surface area contributed by atoms with Gasteiger partial charge in [-0.15, -0.1) is 0 Å². The molecular weight excluding hydrogens is 642 g/mol. The standard InChI is InChI=1S/C36H47N7O7/c1-20(2)32-36(49)38-21(3)19-50-30-10-8-7-9-27(30)33(46)40-29(34(47)37-16-15-26-22(4)42-43(6)23(26)5)18-31(45)39-28(35(48)41-32)17-24-11-13-25(44)14-12-24/h7-14,20-21,28-29,32,44H,15-19H2,1-6H3,(H,37,47)(H,38,49)(H,39,45)(H,40,46)(H,41,48)/t21-,28-,29-,32+/m0/s1. The van der Waals surface area contributed by atoms with Gasteiger partial charge in [-0.1, -0.05) is 38.1 Å². The van der Waals surface area contributed by atoms with Crippen molar-refractivity contribution < 1.29 is 33.8 Å². The number of ether oxygens (including phenoxy) is 1. The van der Waals surface area contributed by atoms with E-state index in [0.717, 1.165) is 17.0 Å². The van der Waals surface area contributed by atoms with Crippen molar-refractivity contribution in [3.8, 4) is 11.5 Å². The number of aromatic nitrogens is 2. The summed E-state index contributed by atoms with van der Waals surface area (Å²) in [5, 5.41) is 28.1. The van der Waals surface area contributed by atoms with Gasteiger partial charge in [-0.3, -0.25) is 28.7 Å². The fraction of sp³-hybridized carbons (Fsp3) is 0.444. The highest BCUT2D eigenvalue weighted by molar-refractivity contribution is 6.01. The van der Waals surface area contributed by atoms with Crippen molar-refractivity contribution in [2.24, 2.45) is 13.0 Å². The van der Waals surface area contributed by atoms with E-state index < -0.39 is 60.1 Å².